The Kier molecular flexibility index (Phi) is 8.15. The second-order valence-corrected chi connectivity index (χ2v) is 13.7. The third-order valence-corrected chi connectivity index (χ3v) is 6.34. The lowest BCUT2D eigenvalue weighted by Crippen LogP contribution is -2.30. The molecule has 0 bridgehead atoms. The van der Waals surface area contributed by atoms with Crippen LogP contribution in [0.4, 0.5) is 0 Å². The SMILES string of the molecule is CC(C)(C)c1cccc(C(C)(C)C)c1OC([CH2][Al])Oc1c(C(C)(C)C)cccc1C(C)(C)C. The summed E-state index contributed by atoms with van der Waals surface area (Å²) in [5.41, 5.74) is 4.68. The van der Waals surface area contributed by atoms with Crippen LogP contribution in [-0.2, 0) is 21.7 Å². The summed E-state index contributed by atoms with van der Waals surface area (Å²) < 4.78 is 13.6. The van der Waals surface area contributed by atoms with E-state index in [4.69, 9.17) is 9.47 Å². The summed E-state index contributed by atoms with van der Waals surface area (Å²) in [5, 5.41) is 0.671. The molecule has 0 heterocycles. The lowest BCUT2D eigenvalue weighted by molar-refractivity contribution is 0.0173. The topological polar surface area (TPSA) is 18.5 Å². The minimum Gasteiger partial charge on any atom is -0.456 e. The highest BCUT2D eigenvalue weighted by molar-refractivity contribution is 6.08. The lowest BCUT2D eigenvalue weighted by Gasteiger charge is -2.34. The smallest absolute Gasteiger partial charge is 0.227 e. The van der Waals surface area contributed by atoms with Crippen LogP contribution in [0.2, 0.25) is 5.28 Å². The van der Waals surface area contributed by atoms with Crippen LogP contribution in [0.1, 0.15) is 105 Å². The van der Waals surface area contributed by atoms with Crippen molar-refractivity contribution in [3.05, 3.63) is 58.7 Å². The quantitative estimate of drug-likeness (QED) is 0.328. The predicted octanol–water partition coefficient (Wildman–Crippen LogP) is 8.25. The molecule has 2 aromatic carbocycles. The molecule has 2 nitrogen and oxygen atoms in total. The maximum absolute atomic E-state index is 6.78. The first-order chi connectivity index (χ1) is 14.9. The Balaban J connectivity index is 2.63. The van der Waals surface area contributed by atoms with E-state index in [9.17, 15) is 0 Å². The molecule has 0 unspecified atom stereocenters. The maximum Gasteiger partial charge on any atom is 0.227 e. The molecule has 0 aliphatic heterocycles. The Morgan fingerprint density at radius 2 is 0.788 bits per heavy atom. The summed E-state index contributed by atoms with van der Waals surface area (Å²) in [4.78, 5) is 0. The van der Waals surface area contributed by atoms with Crippen LogP contribution in [0.25, 0.3) is 0 Å². The molecule has 0 aliphatic rings. The molecule has 0 aromatic heterocycles. The number of rotatable bonds is 5. The lowest BCUT2D eigenvalue weighted by atomic mass is 9.79. The van der Waals surface area contributed by atoms with Crippen molar-refractivity contribution < 1.29 is 9.47 Å². The van der Waals surface area contributed by atoms with Gasteiger partial charge in [-0.1, -0.05) is 119 Å². The third-order valence-electron chi connectivity index (χ3n) is 5.95. The summed E-state index contributed by atoms with van der Waals surface area (Å²) in [6, 6.07) is 13.1. The van der Waals surface area contributed by atoms with E-state index < -0.39 is 6.29 Å². The van der Waals surface area contributed by atoms with Gasteiger partial charge in [-0.05, 0) is 49.2 Å². The molecule has 0 atom stereocenters. The molecule has 2 aromatic rings. The van der Waals surface area contributed by atoms with Gasteiger partial charge < -0.3 is 9.47 Å². The van der Waals surface area contributed by atoms with Gasteiger partial charge >= 0.3 is 0 Å². The zero-order chi connectivity index (χ0) is 25.4. The molecule has 180 valence electrons. The number of hydrogen-bond donors (Lipinski definition) is 0. The fourth-order valence-electron chi connectivity index (χ4n) is 4.07. The first-order valence-electron chi connectivity index (χ1n) is 12.2. The highest BCUT2D eigenvalue weighted by atomic mass is 27.0. The molecule has 33 heavy (non-hydrogen) atoms. The Morgan fingerprint density at radius 3 is 0.970 bits per heavy atom. The molecular formula is C30H45AlO2. The first-order valence-corrected chi connectivity index (χ1v) is 13.0. The second kappa shape index (κ2) is 9.67. The molecule has 0 spiro atoms. The number of hydrogen-bond acceptors (Lipinski definition) is 2. The van der Waals surface area contributed by atoms with Crippen molar-refractivity contribution in [2.75, 3.05) is 0 Å². The Bertz CT molecular complexity index is 805. The van der Waals surface area contributed by atoms with Crippen LogP contribution in [0.3, 0.4) is 0 Å². The van der Waals surface area contributed by atoms with E-state index in [2.05, 4.69) is 136 Å². The molecule has 2 radical (unpaired) electrons. The maximum atomic E-state index is 6.78. The molecular weight excluding hydrogens is 419 g/mol. The summed E-state index contributed by atoms with van der Waals surface area (Å²) in [6.45, 7) is 26.9. The van der Waals surface area contributed by atoms with E-state index >= 15 is 0 Å². The highest BCUT2D eigenvalue weighted by Crippen LogP contribution is 2.43. The van der Waals surface area contributed by atoms with E-state index in [1.165, 1.54) is 22.3 Å². The summed E-state index contributed by atoms with van der Waals surface area (Å²) in [7, 11) is 0. The monoisotopic (exact) mass is 464 g/mol. The van der Waals surface area contributed by atoms with E-state index in [0.29, 0.717) is 5.28 Å². The van der Waals surface area contributed by atoms with E-state index in [1.54, 1.807) is 0 Å². The third kappa shape index (κ3) is 6.80. The van der Waals surface area contributed by atoms with Gasteiger partial charge in [-0.15, -0.1) is 0 Å². The van der Waals surface area contributed by atoms with Gasteiger partial charge in [-0.25, -0.2) is 0 Å². The first kappa shape index (κ1) is 27.8. The molecule has 0 saturated heterocycles. The van der Waals surface area contributed by atoms with Crippen molar-refractivity contribution in [3.63, 3.8) is 0 Å². The zero-order valence-corrected chi connectivity index (χ0v) is 24.3. The average molecular weight is 465 g/mol. The Morgan fingerprint density at radius 1 is 0.545 bits per heavy atom. The summed E-state index contributed by atoms with van der Waals surface area (Å²) >= 11 is 2.82. The predicted molar refractivity (Wildman–Crippen MR) is 143 cm³/mol. The Labute approximate surface area is 211 Å². The van der Waals surface area contributed by atoms with E-state index in [0.717, 1.165) is 11.5 Å². The van der Waals surface area contributed by atoms with Crippen LogP contribution in [0.15, 0.2) is 36.4 Å². The normalized spacial score (nSPS) is 13.4. The van der Waals surface area contributed by atoms with Crippen LogP contribution in [0.5, 0.6) is 11.5 Å². The zero-order valence-electron chi connectivity index (χ0n) is 23.1. The van der Waals surface area contributed by atoms with Gasteiger partial charge in [0.05, 0.1) is 0 Å². The largest absolute Gasteiger partial charge is 0.456 e. The van der Waals surface area contributed by atoms with Gasteiger partial charge in [0.15, 0.2) is 0 Å². The fourth-order valence-corrected chi connectivity index (χ4v) is 4.27. The minimum atomic E-state index is -0.413. The van der Waals surface area contributed by atoms with Gasteiger partial charge in [0, 0.05) is 0 Å². The van der Waals surface area contributed by atoms with Crippen molar-refractivity contribution in [1.29, 1.82) is 0 Å². The van der Waals surface area contributed by atoms with Crippen molar-refractivity contribution in [2.24, 2.45) is 0 Å². The molecule has 0 saturated carbocycles. The van der Waals surface area contributed by atoms with Crippen molar-refractivity contribution in [2.45, 2.75) is 116 Å². The fraction of sp³-hybridized carbons (Fsp3) is 0.600. The molecule has 2 rings (SSSR count). The van der Waals surface area contributed by atoms with Crippen molar-refractivity contribution in [3.8, 4) is 11.5 Å². The van der Waals surface area contributed by atoms with Gasteiger partial charge in [0.2, 0.25) is 6.29 Å². The van der Waals surface area contributed by atoms with Gasteiger partial charge in [0.25, 0.3) is 0 Å². The molecule has 3 heteroatoms. The van der Waals surface area contributed by atoms with E-state index in [1.807, 2.05) is 0 Å². The number of para-hydroxylation sites is 2. The van der Waals surface area contributed by atoms with Crippen molar-refractivity contribution >= 4 is 16.3 Å². The highest BCUT2D eigenvalue weighted by Gasteiger charge is 2.31. The van der Waals surface area contributed by atoms with Crippen LogP contribution in [0, 0.1) is 0 Å². The number of benzene rings is 2. The molecule has 0 fully saturated rings. The van der Waals surface area contributed by atoms with Gasteiger partial charge in [-0.3, -0.25) is 0 Å². The standard InChI is InChI=1S/C30H45O2.Al/c1-20(31-25-21(27(2,3)4)16-14-17-22(25)28(5,6)7)32-26-23(29(8,9)10)18-15-19-24(26)30(11,12)13;/h14-20H,1H2,2-13H3;. The Hall–Kier alpha value is -1.43. The summed E-state index contributed by atoms with van der Waals surface area (Å²) in [5.74, 6) is 1.91. The second-order valence-electron chi connectivity index (χ2n) is 13.3. The molecule has 0 amide bonds. The van der Waals surface area contributed by atoms with Crippen LogP contribution < -0.4 is 9.47 Å². The minimum absolute atomic E-state index is 0.0398. The van der Waals surface area contributed by atoms with Crippen LogP contribution >= 0.6 is 0 Å². The van der Waals surface area contributed by atoms with Crippen molar-refractivity contribution in [1.82, 2.24) is 0 Å². The van der Waals surface area contributed by atoms with Crippen LogP contribution in [-0.4, -0.2) is 22.6 Å². The summed E-state index contributed by atoms with van der Waals surface area (Å²) in [6.07, 6.45) is -0.413. The number of ether oxygens (including phenoxy) is 2. The molecule has 0 N–H and O–H groups in total. The van der Waals surface area contributed by atoms with Gasteiger partial charge in [-0.2, -0.15) is 0 Å². The molecule has 0 aliphatic carbocycles. The average Bonchev–Trinajstić information content (AvgIpc) is 2.64. The van der Waals surface area contributed by atoms with E-state index in [-0.39, 0.29) is 21.7 Å². The van der Waals surface area contributed by atoms with Gasteiger partial charge in [0.1, 0.15) is 27.8 Å².